The van der Waals surface area contributed by atoms with Gasteiger partial charge < -0.3 is 14.2 Å². The summed E-state index contributed by atoms with van der Waals surface area (Å²) in [5.41, 5.74) is 0. The summed E-state index contributed by atoms with van der Waals surface area (Å²) in [6, 6.07) is 0.556. The first-order valence-corrected chi connectivity index (χ1v) is 9.85. The van der Waals surface area contributed by atoms with E-state index in [9.17, 15) is 4.79 Å². The molecule has 1 unspecified atom stereocenters. The number of amides is 1. The summed E-state index contributed by atoms with van der Waals surface area (Å²) < 4.78 is 7.98. The number of hydrogen-bond donors (Lipinski definition) is 0. The zero-order valence-electron chi connectivity index (χ0n) is 15.3. The van der Waals surface area contributed by atoms with Crippen LogP contribution in [0, 0.1) is 5.92 Å². The maximum absolute atomic E-state index is 13.2. The Morgan fingerprint density at radius 1 is 1.16 bits per heavy atom. The van der Waals surface area contributed by atoms with Gasteiger partial charge in [0.05, 0.1) is 5.92 Å². The molecule has 3 aliphatic rings. The van der Waals surface area contributed by atoms with Crippen LogP contribution in [0.3, 0.4) is 0 Å². The first-order valence-electron chi connectivity index (χ1n) is 9.85. The van der Waals surface area contributed by atoms with Crippen LogP contribution in [0.2, 0.25) is 0 Å². The van der Waals surface area contributed by atoms with Crippen molar-refractivity contribution in [3.8, 4) is 0 Å². The molecule has 0 N–H and O–H groups in total. The monoisotopic (exact) mass is 346 g/mol. The first kappa shape index (κ1) is 17.0. The standard InChI is InChI=1S/C19H30N4O2/c1-21-12-8-20-18(21)17-16(6-5-13-25-17)19(24)23-11-7-15(14-23)22-9-3-2-4-10-22/h8,12,15-17H,2-7,9-11,13-14H2,1H3/t15?,16-,17-/m1/s1. The van der Waals surface area contributed by atoms with E-state index in [0.29, 0.717) is 6.04 Å². The van der Waals surface area contributed by atoms with Crippen molar-refractivity contribution in [1.29, 1.82) is 0 Å². The van der Waals surface area contributed by atoms with E-state index in [1.807, 2.05) is 17.8 Å². The molecule has 4 rings (SSSR count). The summed E-state index contributed by atoms with van der Waals surface area (Å²) >= 11 is 0. The number of ether oxygens (including phenoxy) is 1. The maximum atomic E-state index is 13.2. The quantitative estimate of drug-likeness (QED) is 0.840. The van der Waals surface area contributed by atoms with Gasteiger partial charge in [0.15, 0.2) is 0 Å². The van der Waals surface area contributed by atoms with Gasteiger partial charge in [-0.05, 0) is 45.2 Å². The largest absolute Gasteiger partial charge is 0.369 e. The van der Waals surface area contributed by atoms with Gasteiger partial charge in [-0.2, -0.15) is 0 Å². The van der Waals surface area contributed by atoms with E-state index in [1.54, 1.807) is 6.20 Å². The number of likely N-dealkylation sites (tertiary alicyclic amines) is 2. The SMILES string of the molecule is Cn1ccnc1[C@@H]1OCCC[C@H]1C(=O)N1CCC(N2CCCCC2)C1. The molecular formula is C19H30N4O2. The van der Waals surface area contributed by atoms with E-state index < -0.39 is 0 Å². The van der Waals surface area contributed by atoms with Gasteiger partial charge in [-0.1, -0.05) is 6.42 Å². The van der Waals surface area contributed by atoms with E-state index in [0.717, 1.165) is 44.8 Å². The second-order valence-corrected chi connectivity index (χ2v) is 7.76. The van der Waals surface area contributed by atoms with Crippen molar-refractivity contribution in [2.24, 2.45) is 13.0 Å². The van der Waals surface area contributed by atoms with Gasteiger partial charge >= 0.3 is 0 Å². The molecule has 1 aromatic rings. The zero-order chi connectivity index (χ0) is 17.2. The molecule has 25 heavy (non-hydrogen) atoms. The second kappa shape index (κ2) is 7.46. The van der Waals surface area contributed by atoms with E-state index in [2.05, 4.69) is 14.8 Å². The summed E-state index contributed by atoms with van der Waals surface area (Å²) in [4.78, 5) is 22.4. The molecule has 6 nitrogen and oxygen atoms in total. The molecule has 0 aliphatic carbocycles. The van der Waals surface area contributed by atoms with Crippen LogP contribution in [0.5, 0.6) is 0 Å². The Balaban J connectivity index is 1.43. The molecular weight excluding hydrogens is 316 g/mol. The van der Waals surface area contributed by atoms with Crippen LogP contribution in [-0.4, -0.2) is 64.1 Å². The molecule has 0 aromatic carbocycles. The summed E-state index contributed by atoms with van der Waals surface area (Å²) in [6.07, 6.45) is 10.5. The van der Waals surface area contributed by atoms with Gasteiger partial charge in [-0.25, -0.2) is 4.98 Å². The topological polar surface area (TPSA) is 50.6 Å². The molecule has 4 heterocycles. The van der Waals surface area contributed by atoms with E-state index in [-0.39, 0.29) is 17.9 Å². The minimum absolute atomic E-state index is 0.0880. The molecule has 0 bridgehead atoms. The molecule has 3 atom stereocenters. The molecule has 138 valence electrons. The van der Waals surface area contributed by atoms with Crippen LogP contribution >= 0.6 is 0 Å². The number of hydrogen-bond acceptors (Lipinski definition) is 4. The lowest BCUT2D eigenvalue weighted by molar-refractivity contribution is -0.145. The third-order valence-electron chi connectivity index (χ3n) is 6.13. The number of piperidine rings is 1. The van der Waals surface area contributed by atoms with Crippen LogP contribution in [0.15, 0.2) is 12.4 Å². The lowest BCUT2D eigenvalue weighted by Gasteiger charge is -2.34. The molecule has 1 aromatic heterocycles. The van der Waals surface area contributed by atoms with Crippen molar-refractivity contribution in [2.75, 3.05) is 32.8 Å². The maximum Gasteiger partial charge on any atom is 0.228 e. The van der Waals surface area contributed by atoms with Crippen molar-refractivity contribution in [1.82, 2.24) is 19.4 Å². The Labute approximate surface area is 150 Å². The molecule has 0 saturated carbocycles. The van der Waals surface area contributed by atoms with Crippen LogP contribution in [0.4, 0.5) is 0 Å². The van der Waals surface area contributed by atoms with Crippen molar-refractivity contribution in [2.45, 2.75) is 50.7 Å². The number of aryl methyl sites for hydroxylation is 1. The normalized spacial score (nSPS) is 31.4. The Morgan fingerprint density at radius 3 is 2.76 bits per heavy atom. The van der Waals surface area contributed by atoms with Gasteiger partial charge in [0.1, 0.15) is 11.9 Å². The molecule has 3 saturated heterocycles. The van der Waals surface area contributed by atoms with E-state index >= 15 is 0 Å². The van der Waals surface area contributed by atoms with Crippen LogP contribution < -0.4 is 0 Å². The minimum atomic E-state index is -0.199. The lowest BCUT2D eigenvalue weighted by atomic mass is 9.92. The van der Waals surface area contributed by atoms with E-state index in [4.69, 9.17) is 4.74 Å². The fourth-order valence-corrected chi connectivity index (χ4v) is 4.70. The number of carbonyl (C=O) groups is 1. The number of nitrogens with zero attached hydrogens (tertiary/aromatic N) is 4. The lowest BCUT2D eigenvalue weighted by Crippen LogP contribution is -2.44. The average Bonchev–Trinajstić information content (AvgIpc) is 3.31. The molecule has 0 spiro atoms. The van der Waals surface area contributed by atoms with Crippen molar-refractivity contribution in [3.63, 3.8) is 0 Å². The second-order valence-electron chi connectivity index (χ2n) is 7.76. The van der Waals surface area contributed by atoms with Crippen LogP contribution in [0.25, 0.3) is 0 Å². The van der Waals surface area contributed by atoms with Crippen LogP contribution in [-0.2, 0) is 16.6 Å². The summed E-state index contributed by atoms with van der Waals surface area (Å²) in [5, 5.41) is 0. The van der Waals surface area contributed by atoms with Gasteiger partial charge in [0, 0.05) is 45.2 Å². The highest BCUT2D eigenvalue weighted by Crippen LogP contribution is 2.35. The minimum Gasteiger partial charge on any atom is -0.369 e. The Morgan fingerprint density at radius 2 is 2.00 bits per heavy atom. The van der Waals surface area contributed by atoms with Crippen molar-refractivity contribution >= 4 is 5.91 Å². The van der Waals surface area contributed by atoms with Gasteiger partial charge in [-0.15, -0.1) is 0 Å². The summed E-state index contributed by atoms with van der Waals surface area (Å²) in [5.74, 6) is 1.06. The first-order chi connectivity index (χ1) is 12.2. The number of imidazole rings is 1. The molecule has 3 fully saturated rings. The number of rotatable bonds is 3. The van der Waals surface area contributed by atoms with Crippen molar-refractivity contribution in [3.05, 3.63) is 18.2 Å². The smallest absolute Gasteiger partial charge is 0.228 e. The molecule has 1 amide bonds. The molecule has 0 radical (unpaired) electrons. The average molecular weight is 346 g/mol. The number of carbonyl (C=O) groups excluding carboxylic acids is 1. The van der Waals surface area contributed by atoms with Gasteiger partial charge in [0.25, 0.3) is 0 Å². The summed E-state index contributed by atoms with van der Waals surface area (Å²) in [6.45, 7) is 4.91. The van der Waals surface area contributed by atoms with Crippen molar-refractivity contribution < 1.29 is 9.53 Å². The number of aromatic nitrogens is 2. The molecule has 3 aliphatic heterocycles. The summed E-state index contributed by atoms with van der Waals surface area (Å²) in [7, 11) is 1.98. The van der Waals surface area contributed by atoms with Gasteiger partial charge in [-0.3, -0.25) is 9.69 Å². The fourth-order valence-electron chi connectivity index (χ4n) is 4.70. The Bertz CT molecular complexity index is 596. The van der Waals surface area contributed by atoms with Gasteiger partial charge in [0.2, 0.25) is 5.91 Å². The molecule has 6 heteroatoms. The van der Waals surface area contributed by atoms with Crippen LogP contribution in [0.1, 0.15) is 50.5 Å². The predicted octanol–water partition coefficient (Wildman–Crippen LogP) is 1.97. The third kappa shape index (κ3) is 3.47. The Hall–Kier alpha value is -1.40. The predicted molar refractivity (Wildman–Crippen MR) is 95.0 cm³/mol. The fraction of sp³-hybridized carbons (Fsp3) is 0.789. The van der Waals surface area contributed by atoms with E-state index in [1.165, 1.54) is 32.4 Å². The highest BCUT2D eigenvalue weighted by molar-refractivity contribution is 5.80. The third-order valence-corrected chi connectivity index (χ3v) is 6.13. The zero-order valence-corrected chi connectivity index (χ0v) is 15.3. The highest BCUT2D eigenvalue weighted by atomic mass is 16.5. The highest BCUT2D eigenvalue weighted by Gasteiger charge is 2.40. The Kier molecular flexibility index (Phi) is 5.08.